The molecule has 0 nitrogen and oxygen atoms in total. The minimum Gasteiger partial charge on any atom is -0.204 e. The topological polar surface area (TPSA) is 0 Å². The third-order valence-electron chi connectivity index (χ3n) is 6.37. The Balaban J connectivity index is 1.70. The van der Waals surface area contributed by atoms with Crippen LogP contribution < -0.4 is 0 Å². The first-order valence-electron chi connectivity index (χ1n) is 10.6. The van der Waals surface area contributed by atoms with Gasteiger partial charge in [-0.15, -0.1) is 0 Å². The van der Waals surface area contributed by atoms with Gasteiger partial charge in [-0.3, -0.25) is 0 Å². The summed E-state index contributed by atoms with van der Waals surface area (Å²) in [6.07, 6.45) is 3.44. The average molecular weight is 446 g/mol. The van der Waals surface area contributed by atoms with Crippen molar-refractivity contribution in [1.29, 1.82) is 0 Å². The van der Waals surface area contributed by atoms with Crippen LogP contribution in [0.15, 0.2) is 30.3 Å². The molecule has 0 radical (unpaired) electrons. The van der Waals surface area contributed by atoms with Crippen LogP contribution in [-0.4, -0.2) is 0 Å². The lowest BCUT2D eigenvalue weighted by Crippen LogP contribution is -2.17. The predicted molar refractivity (Wildman–Crippen MR) is 111 cm³/mol. The molecule has 166 valence electrons. The van der Waals surface area contributed by atoms with Crippen molar-refractivity contribution in [3.05, 3.63) is 81.9 Å². The summed E-state index contributed by atoms with van der Waals surface area (Å²) in [6, 6.07) is 6.30. The van der Waals surface area contributed by atoms with Crippen LogP contribution in [0.2, 0.25) is 0 Å². The fraction of sp³-hybridized carbons (Fsp3) is 0.308. The molecule has 0 saturated heterocycles. The quantitative estimate of drug-likeness (QED) is 0.214. The van der Waals surface area contributed by atoms with E-state index in [-0.39, 0.29) is 10.9 Å². The van der Waals surface area contributed by atoms with Gasteiger partial charge in [-0.1, -0.05) is 37.3 Å². The molecule has 1 aliphatic rings. The van der Waals surface area contributed by atoms with Crippen molar-refractivity contribution < 1.29 is 26.3 Å². The predicted octanol–water partition coefficient (Wildman–Crippen LogP) is 7.76. The lowest BCUT2D eigenvalue weighted by Gasteiger charge is -2.28. The highest BCUT2D eigenvalue weighted by Gasteiger charge is 2.31. The summed E-state index contributed by atoms with van der Waals surface area (Å²) in [6.45, 7) is 2.04. The van der Waals surface area contributed by atoms with Gasteiger partial charge in [0, 0.05) is 16.5 Å². The molecule has 32 heavy (non-hydrogen) atoms. The molecule has 3 aromatic rings. The highest BCUT2D eigenvalue weighted by Crippen LogP contribution is 2.40. The van der Waals surface area contributed by atoms with Crippen LogP contribution in [0.3, 0.4) is 0 Å². The van der Waals surface area contributed by atoms with E-state index >= 15 is 0 Å². The summed E-state index contributed by atoms with van der Waals surface area (Å²) in [5.74, 6) is -3.34. The molecule has 0 N–H and O–H groups in total. The molecule has 1 fully saturated rings. The van der Waals surface area contributed by atoms with Gasteiger partial charge in [0.15, 0.2) is 34.9 Å². The SMILES string of the molecule is CCC1CCC(c2c(F)c(F)c(C#Cc3ccc4c(F)c(F)ccc4c3)c(F)c2F)CC1. The summed E-state index contributed by atoms with van der Waals surface area (Å²) in [7, 11) is 0. The molecular weight excluding hydrogens is 426 g/mol. The highest BCUT2D eigenvalue weighted by atomic mass is 19.2. The molecule has 0 spiro atoms. The summed E-state index contributed by atoms with van der Waals surface area (Å²) in [4.78, 5) is 0. The average Bonchev–Trinajstić information content (AvgIpc) is 2.81. The molecule has 4 rings (SSSR count). The fourth-order valence-corrected chi connectivity index (χ4v) is 4.45. The van der Waals surface area contributed by atoms with Crippen molar-refractivity contribution in [2.75, 3.05) is 0 Å². The maximum atomic E-state index is 14.8. The van der Waals surface area contributed by atoms with Gasteiger partial charge >= 0.3 is 0 Å². The normalized spacial score (nSPS) is 18.5. The number of hydrogen-bond acceptors (Lipinski definition) is 0. The molecule has 0 heterocycles. The van der Waals surface area contributed by atoms with Crippen molar-refractivity contribution in [2.45, 2.75) is 44.9 Å². The molecule has 0 bridgehead atoms. The molecule has 0 aliphatic heterocycles. The van der Waals surface area contributed by atoms with E-state index in [1.54, 1.807) is 0 Å². The summed E-state index contributed by atoms with van der Waals surface area (Å²) >= 11 is 0. The van der Waals surface area contributed by atoms with Crippen molar-refractivity contribution in [3.8, 4) is 11.8 Å². The van der Waals surface area contributed by atoms with Crippen LogP contribution in [0.4, 0.5) is 26.3 Å². The minimum absolute atomic E-state index is 0.0205. The van der Waals surface area contributed by atoms with Crippen molar-refractivity contribution >= 4 is 10.8 Å². The number of rotatable bonds is 2. The summed E-state index contributed by atoms with van der Waals surface area (Å²) in [5, 5.41) is 0.346. The Morgan fingerprint density at radius 1 is 0.750 bits per heavy atom. The first-order chi connectivity index (χ1) is 15.3. The zero-order valence-corrected chi connectivity index (χ0v) is 17.3. The van der Waals surface area contributed by atoms with E-state index in [0.29, 0.717) is 24.1 Å². The van der Waals surface area contributed by atoms with Crippen LogP contribution in [0.5, 0.6) is 0 Å². The Morgan fingerprint density at radius 3 is 2.03 bits per heavy atom. The maximum Gasteiger partial charge on any atom is 0.177 e. The van der Waals surface area contributed by atoms with E-state index in [4.69, 9.17) is 0 Å². The van der Waals surface area contributed by atoms with Crippen LogP contribution in [-0.2, 0) is 0 Å². The van der Waals surface area contributed by atoms with Crippen molar-refractivity contribution in [1.82, 2.24) is 0 Å². The smallest absolute Gasteiger partial charge is 0.177 e. The lowest BCUT2D eigenvalue weighted by molar-refractivity contribution is 0.303. The van der Waals surface area contributed by atoms with E-state index < -0.39 is 51.9 Å². The van der Waals surface area contributed by atoms with Gasteiger partial charge in [0.25, 0.3) is 0 Å². The van der Waals surface area contributed by atoms with Gasteiger partial charge in [0.2, 0.25) is 0 Å². The Hall–Kier alpha value is -2.94. The standard InChI is InChI=1S/C26H20F6/c1-2-14-3-7-16(8-4-14)21-25(31)23(29)19(24(30)26(21)32)11-6-15-5-10-18-17(13-15)9-12-20(27)22(18)28/h5,9-10,12-14,16H,2-4,7-8H2,1H3. The second-order valence-corrected chi connectivity index (χ2v) is 8.22. The number of fused-ring (bicyclic) bond motifs is 1. The summed E-state index contributed by atoms with van der Waals surface area (Å²) < 4.78 is 86.0. The number of benzene rings is 3. The number of halogens is 6. The van der Waals surface area contributed by atoms with Gasteiger partial charge < -0.3 is 0 Å². The molecule has 0 amide bonds. The largest absolute Gasteiger partial charge is 0.204 e. The Morgan fingerprint density at radius 2 is 1.41 bits per heavy atom. The highest BCUT2D eigenvalue weighted by molar-refractivity contribution is 5.84. The van der Waals surface area contributed by atoms with Crippen molar-refractivity contribution in [2.24, 2.45) is 5.92 Å². The van der Waals surface area contributed by atoms with E-state index in [0.717, 1.165) is 25.3 Å². The Labute approximate surface area is 182 Å². The van der Waals surface area contributed by atoms with Crippen LogP contribution in [0.25, 0.3) is 10.8 Å². The van der Waals surface area contributed by atoms with E-state index in [1.165, 1.54) is 24.3 Å². The van der Waals surface area contributed by atoms with Crippen LogP contribution in [0, 0.1) is 52.7 Å². The molecule has 1 saturated carbocycles. The maximum absolute atomic E-state index is 14.8. The number of hydrogen-bond donors (Lipinski definition) is 0. The summed E-state index contributed by atoms with van der Waals surface area (Å²) in [5.41, 5.74) is -1.30. The van der Waals surface area contributed by atoms with Gasteiger partial charge in [-0.2, -0.15) is 0 Å². The van der Waals surface area contributed by atoms with Crippen molar-refractivity contribution in [3.63, 3.8) is 0 Å². The third kappa shape index (κ3) is 3.97. The molecule has 1 aliphatic carbocycles. The third-order valence-corrected chi connectivity index (χ3v) is 6.37. The first-order valence-corrected chi connectivity index (χ1v) is 10.6. The van der Waals surface area contributed by atoms with E-state index in [2.05, 4.69) is 11.8 Å². The minimum atomic E-state index is -1.52. The first kappa shape index (κ1) is 22.3. The molecule has 0 aromatic heterocycles. The zero-order chi connectivity index (χ0) is 23.0. The van der Waals surface area contributed by atoms with Gasteiger partial charge in [0.05, 0.1) is 0 Å². The lowest BCUT2D eigenvalue weighted by atomic mass is 9.77. The van der Waals surface area contributed by atoms with E-state index in [1.807, 2.05) is 6.92 Å². The molecule has 6 heteroatoms. The molecule has 0 atom stereocenters. The van der Waals surface area contributed by atoms with Gasteiger partial charge in [-0.25, -0.2) is 26.3 Å². The fourth-order valence-electron chi connectivity index (χ4n) is 4.45. The van der Waals surface area contributed by atoms with Gasteiger partial charge in [0.1, 0.15) is 5.56 Å². The second kappa shape index (κ2) is 8.90. The van der Waals surface area contributed by atoms with Gasteiger partial charge in [-0.05, 0) is 61.1 Å². The Bertz CT molecular complexity index is 1210. The molecular formula is C26H20F6. The van der Waals surface area contributed by atoms with Crippen LogP contribution in [0.1, 0.15) is 61.6 Å². The van der Waals surface area contributed by atoms with E-state index in [9.17, 15) is 26.3 Å². The zero-order valence-electron chi connectivity index (χ0n) is 17.3. The van der Waals surface area contributed by atoms with Crippen LogP contribution >= 0.6 is 0 Å². The monoisotopic (exact) mass is 446 g/mol. The second-order valence-electron chi connectivity index (χ2n) is 8.22. The molecule has 0 unspecified atom stereocenters. The molecule has 3 aromatic carbocycles. The Kier molecular flexibility index (Phi) is 6.19.